The molecule has 0 N–H and O–H groups in total. The molecular weight excluding hydrogens is 100 g/mol. The van der Waals surface area contributed by atoms with E-state index < -0.39 is 0 Å². The van der Waals surface area contributed by atoms with Gasteiger partial charge in [-0.25, -0.2) is 0 Å². The van der Waals surface area contributed by atoms with Crippen LogP contribution in [0.2, 0.25) is 12.1 Å². The Kier molecular flexibility index (Phi) is 5.92. The first-order valence-electron chi connectivity index (χ1n) is 3.03. The van der Waals surface area contributed by atoms with Crippen LogP contribution in [0.25, 0.3) is 0 Å². The zero-order valence-corrected chi connectivity index (χ0v) is 6.69. The summed E-state index contributed by atoms with van der Waals surface area (Å²) < 4.78 is 0. The largest absolute Gasteiger partial charge is 0.0920 e. The fourth-order valence-electron chi connectivity index (χ4n) is 0.489. The molecule has 0 heterocycles. The minimum atomic E-state index is 0.324. The topological polar surface area (TPSA) is 0 Å². The normalized spacial score (nSPS) is 12.3. The summed E-state index contributed by atoms with van der Waals surface area (Å²) in [5, 5.41) is 0. The standard InChI is InChI=1S/C6H14Si/c1-3-5-6-7-4-2/h3,5H,4,6-7H2,1-2H3. The molecule has 0 rings (SSSR count). The highest BCUT2D eigenvalue weighted by Gasteiger charge is 1.74. The Morgan fingerprint density at radius 3 is 2.71 bits per heavy atom. The first-order chi connectivity index (χ1) is 3.41. The molecule has 0 saturated heterocycles. The number of hydrogen-bond acceptors (Lipinski definition) is 0. The van der Waals surface area contributed by atoms with Crippen molar-refractivity contribution >= 4 is 9.52 Å². The molecule has 0 radical (unpaired) electrons. The van der Waals surface area contributed by atoms with Crippen LogP contribution in [0.15, 0.2) is 12.2 Å². The van der Waals surface area contributed by atoms with Crippen molar-refractivity contribution in [1.82, 2.24) is 0 Å². The highest BCUT2D eigenvalue weighted by Crippen LogP contribution is 1.84. The summed E-state index contributed by atoms with van der Waals surface area (Å²) in [7, 11) is 0.324. The molecule has 0 aromatic heterocycles. The predicted octanol–water partition coefficient (Wildman–Crippen LogP) is 1.59. The zero-order chi connectivity index (χ0) is 5.54. The maximum atomic E-state index is 2.27. The molecule has 0 amide bonds. The van der Waals surface area contributed by atoms with Crippen molar-refractivity contribution in [2.45, 2.75) is 25.9 Å². The Labute approximate surface area is 48.4 Å². The van der Waals surface area contributed by atoms with Crippen molar-refractivity contribution in [2.75, 3.05) is 0 Å². The molecule has 0 aliphatic rings. The average Bonchev–Trinajstić information content (AvgIpc) is 1.69. The molecule has 0 nitrogen and oxygen atoms in total. The summed E-state index contributed by atoms with van der Waals surface area (Å²) in [5.41, 5.74) is 0. The van der Waals surface area contributed by atoms with E-state index in [1.54, 1.807) is 0 Å². The Hall–Kier alpha value is -0.0431. The molecule has 0 saturated carbocycles. The lowest BCUT2D eigenvalue weighted by molar-refractivity contribution is 1.42. The van der Waals surface area contributed by atoms with Crippen LogP contribution in [-0.4, -0.2) is 9.52 Å². The van der Waals surface area contributed by atoms with E-state index in [1.807, 2.05) is 0 Å². The highest BCUT2D eigenvalue weighted by atomic mass is 28.2. The summed E-state index contributed by atoms with van der Waals surface area (Å²) in [5.74, 6) is 0. The lowest BCUT2D eigenvalue weighted by Gasteiger charge is -1.82. The third-order valence-corrected chi connectivity index (χ3v) is 2.41. The van der Waals surface area contributed by atoms with Gasteiger partial charge in [-0.15, -0.1) is 0 Å². The van der Waals surface area contributed by atoms with Gasteiger partial charge in [-0.05, 0) is 13.0 Å². The van der Waals surface area contributed by atoms with E-state index in [4.69, 9.17) is 0 Å². The van der Waals surface area contributed by atoms with Crippen LogP contribution >= 0.6 is 0 Å². The van der Waals surface area contributed by atoms with Gasteiger partial charge in [0.15, 0.2) is 0 Å². The van der Waals surface area contributed by atoms with E-state index in [0.29, 0.717) is 9.52 Å². The van der Waals surface area contributed by atoms with Gasteiger partial charge in [0.1, 0.15) is 0 Å². The molecule has 0 spiro atoms. The summed E-state index contributed by atoms with van der Waals surface area (Å²) >= 11 is 0. The lowest BCUT2D eigenvalue weighted by atomic mass is 10.6. The van der Waals surface area contributed by atoms with Gasteiger partial charge in [0.2, 0.25) is 0 Å². The van der Waals surface area contributed by atoms with Crippen LogP contribution in [0.4, 0.5) is 0 Å². The second-order valence-electron chi connectivity index (χ2n) is 1.71. The Morgan fingerprint density at radius 1 is 1.57 bits per heavy atom. The van der Waals surface area contributed by atoms with Crippen molar-refractivity contribution in [3.8, 4) is 0 Å². The smallest absolute Gasteiger partial charge is 0.0237 e. The first-order valence-corrected chi connectivity index (χ1v) is 5.03. The minimum Gasteiger partial charge on any atom is -0.0920 e. The number of hydrogen-bond donors (Lipinski definition) is 0. The third kappa shape index (κ3) is 5.96. The van der Waals surface area contributed by atoms with Gasteiger partial charge >= 0.3 is 0 Å². The van der Waals surface area contributed by atoms with Gasteiger partial charge in [-0.3, -0.25) is 0 Å². The Morgan fingerprint density at radius 2 is 2.29 bits per heavy atom. The van der Waals surface area contributed by atoms with Crippen LogP contribution in [0, 0.1) is 0 Å². The van der Waals surface area contributed by atoms with Gasteiger partial charge in [0.25, 0.3) is 0 Å². The van der Waals surface area contributed by atoms with Crippen molar-refractivity contribution in [3.05, 3.63) is 12.2 Å². The third-order valence-electron chi connectivity index (χ3n) is 0.960. The number of allylic oxidation sites excluding steroid dienone is 2. The lowest BCUT2D eigenvalue weighted by Crippen LogP contribution is -1.78. The fraction of sp³-hybridized carbons (Fsp3) is 0.667. The molecule has 0 bridgehead atoms. The second kappa shape index (κ2) is 5.96. The Balaban J connectivity index is 2.69. The maximum Gasteiger partial charge on any atom is 0.0237 e. The molecule has 0 fully saturated rings. The van der Waals surface area contributed by atoms with Gasteiger partial charge < -0.3 is 0 Å². The van der Waals surface area contributed by atoms with Crippen LogP contribution in [-0.2, 0) is 0 Å². The zero-order valence-electron chi connectivity index (χ0n) is 5.28. The summed E-state index contributed by atoms with van der Waals surface area (Å²) in [4.78, 5) is 0. The minimum absolute atomic E-state index is 0.324. The summed E-state index contributed by atoms with van der Waals surface area (Å²) in [6, 6.07) is 2.84. The molecule has 42 valence electrons. The van der Waals surface area contributed by atoms with Crippen LogP contribution in [0.5, 0.6) is 0 Å². The monoisotopic (exact) mass is 114 g/mol. The molecule has 0 aliphatic heterocycles. The number of rotatable bonds is 3. The van der Waals surface area contributed by atoms with Gasteiger partial charge in [-0.1, -0.05) is 25.1 Å². The van der Waals surface area contributed by atoms with Gasteiger partial charge in [0, 0.05) is 9.52 Å². The molecule has 1 heteroatoms. The van der Waals surface area contributed by atoms with E-state index >= 15 is 0 Å². The van der Waals surface area contributed by atoms with Crippen molar-refractivity contribution in [1.29, 1.82) is 0 Å². The van der Waals surface area contributed by atoms with Gasteiger partial charge in [-0.2, -0.15) is 0 Å². The van der Waals surface area contributed by atoms with E-state index in [0.717, 1.165) is 0 Å². The second-order valence-corrected chi connectivity index (χ2v) is 4.00. The van der Waals surface area contributed by atoms with Crippen molar-refractivity contribution < 1.29 is 0 Å². The summed E-state index contributed by atoms with van der Waals surface area (Å²) in [6.07, 6.45) is 4.42. The molecule has 0 aromatic rings. The Bertz CT molecular complexity index is 48.1. The van der Waals surface area contributed by atoms with Crippen LogP contribution in [0.3, 0.4) is 0 Å². The predicted molar refractivity (Wildman–Crippen MR) is 38.6 cm³/mol. The summed E-state index contributed by atoms with van der Waals surface area (Å²) in [6.45, 7) is 4.36. The van der Waals surface area contributed by atoms with Crippen molar-refractivity contribution in [3.63, 3.8) is 0 Å². The molecule has 0 aromatic carbocycles. The van der Waals surface area contributed by atoms with E-state index in [9.17, 15) is 0 Å². The van der Waals surface area contributed by atoms with E-state index in [2.05, 4.69) is 26.0 Å². The van der Waals surface area contributed by atoms with E-state index in [1.165, 1.54) is 12.1 Å². The molecule has 0 atom stereocenters. The average molecular weight is 114 g/mol. The molecule has 0 unspecified atom stereocenters. The molecular formula is C6H14Si. The SMILES string of the molecule is CC=CC[SiH2]CC. The highest BCUT2D eigenvalue weighted by molar-refractivity contribution is 6.35. The molecule has 0 aliphatic carbocycles. The van der Waals surface area contributed by atoms with Gasteiger partial charge in [0.05, 0.1) is 0 Å². The van der Waals surface area contributed by atoms with Crippen LogP contribution in [0.1, 0.15) is 13.8 Å². The quantitative estimate of drug-likeness (QED) is 0.297. The van der Waals surface area contributed by atoms with E-state index in [-0.39, 0.29) is 0 Å². The fourth-order valence-corrected chi connectivity index (χ4v) is 1.47. The molecule has 7 heavy (non-hydrogen) atoms. The maximum absolute atomic E-state index is 2.27. The first kappa shape index (κ1) is 6.96. The van der Waals surface area contributed by atoms with Crippen LogP contribution < -0.4 is 0 Å². The van der Waals surface area contributed by atoms with Crippen molar-refractivity contribution in [2.24, 2.45) is 0 Å².